The lowest BCUT2D eigenvalue weighted by molar-refractivity contribution is 0.208. The van der Waals surface area contributed by atoms with Crippen LogP contribution in [-0.2, 0) is 0 Å². The predicted octanol–water partition coefficient (Wildman–Crippen LogP) is 3.85. The summed E-state index contributed by atoms with van der Waals surface area (Å²) in [6, 6.07) is 5.30. The zero-order valence-electron chi connectivity index (χ0n) is 10.3. The summed E-state index contributed by atoms with van der Waals surface area (Å²) in [5.74, 6) is -2.76. The van der Waals surface area contributed by atoms with Crippen LogP contribution in [0.4, 0.5) is 13.2 Å². The van der Waals surface area contributed by atoms with Crippen LogP contribution in [0.5, 0.6) is 5.75 Å². The van der Waals surface area contributed by atoms with Crippen molar-refractivity contribution >= 4 is 11.6 Å². The van der Waals surface area contributed by atoms with Crippen molar-refractivity contribution in [2.75, 3.05) is 7.11 Å². The van der Waals surface area contributed by atoms with Crippen molar-refractivity contribution in [1.82, 2.24) is 0 Å². The number of benzene rings is 2. The minimum absolute atomic E-state index is 0.00475. The highest BCUT2D eigenvalue weighted by atomic mass is 35.5. The monoisotopic (exact) mass is 302 g/mol. The van der Waals surface area contributed by atoms with Gasteiger partial charge in [0, 0.05) is 12.1 Å². The number of methoxy groups -OCH3 is 1. The van der Waals surface area contributed by atoms with E-state index in [2.05, 4.69) is 0 Å². The van der Waals surface area contributed by atoms with Crippen molar-refractivity contribution < 1.29 is 23.0 Å². The van der Waals surface area contributed by atoms with Crippen LogP contribution in [0.15, 0.2) is 30.3 Å². The summed E-state index contributed by atoms with van der Waals surface area (Å²) in [5, 5.41) is 9.86. The number of rotatable bonds is 3. The van der Waals surface area contributed by atoms with Crippen LogP contribution in [0, 0.1) is 17.5 Å². The number of aliphatic hydroxyl groups excluding tert-OH is 1. The van der Waals surface area contributed by atoms with E-state index in [1.165, 1.54) is 19.2 Å². The Bertz CT molecular complexity index is 623. The lowest BCUT2D eigenvalue weighted by Crippen LogP contribution is -2.07. The van der Waals surface area contributed by atoms with Gasteiger partial charge in [0.2, 0.25) is 0 Å². The van der Waals surface area contributed by atoms with Crippen LogP contribution in [0.3, 0.4) is 0 Å². The van der Waals surface area contributed by atoms with Crippen molar-refractivity contribution in [3.63, 3.8) is 0 Å². The van der Waals surface area contributed by atoms with Gasteiger partial charge in [-0.3, -0.25) is 0 Å². The molecule has 0 aliphatic carbocycles. The first-order valence-electron chi connectivity index (χ1n) is 5.60. The standard InChI is InChI=1S/C14H10ClF3O2/c1-20-8-5-11(17)13(12(18)6-8)14(19)7-2-3-9(15)10(16)4-7/h2-6,14,19H,1H3. The minimum Gasteiger partial charge on any atom is -0.497 e. The van der Waals surface area contributed by atoms with E-state index in [0.29, 0.717) is 0 Å². The van der Waals surface area contributed by atoms with E-state index in [9.17, 15) is 18.3 Å². The second kappa shape index (κ2) is 5.73. The molecule has 6 heteroatoms. The van der Waals surface area contributed by atoms with Crippen molar-refractivity contribution in [2.24, 2.45) is 0 Å². The lowest BCUT2D eigenvalue weighted by atomic mass is 10.00. The van der Waals surface area contributed by atoms with Gasteiger partial charge < -0.3 is 9.84 Å². The molecule has 1 N–H and O–H groups in total. The van der Waals surface area contributed by atoms with Gasteiger partial charge in [-0.05, 0) is 17.7 Å². The average Bonchev–Trinajstić information content (AvgIpc) is 2.40. The first-order valence-corrected chi connectivity index (χ1v) is 5.97. The molecule has 2 aromatic carbocycles. The Morgan fingerprint density at radius 2 is 1.65 bits per heavy atom. The number of ether oxygens (including phenoxy) is 1. The molecule has 1 atom stereocenters. The first-order chi connectivity index (χ1) is 9.43. The largest absolute Gasteiger partial charge is 0.497 e. The Morgan fingerprint density at radius 1 is 1.05 bits per heavy atom. The Labute approximate surface area is 118 Å². The van der Waals surface area contributed by atoms with E-state index < -0.39 is 29.1 Å². The number of hydrogen-bond donors (Lipinski definition) is 1. The smallest absolute Gasteiger partial charge is 0.142 e. The van der Waals surface area contributed by atoms with Crippen LogP contribution in [0.25, 0.3) is 0 Å². The van der Waals surface area contributed by atoms with Gasteiger partial charge >= 0.3 is 0 Å². The molecule has 2 nitrogen and oxygen atoms in total. The van der Waals surface area contributed by atoms with Gasteiger partial charge in [0.1, 0.15) is 29.3 Å². The minimum atomic E-state index is -1.65. The Balaban J connectivity index is 2.47. The summed E-state index contributed by atoms with van der Waals surface area (Å²) in [4.78, 5) is 0. The van der Waals surface area contributed by atoms with Gasteiger partial charge in [-0.1, -0.05) is 17.7 Å². The third-order valence-electron chi connectivity index (χ3n) is 2.82. The van der Waals surface area contributed by atoms with Crippen LogP contribution >= 0.6 is 11.6 Å². The molecule has 0 heterocycles. The van der Waals surface area contributed by atoms with Crippen molar-refractivity contribution in [2.45, 2.75) is 6.10 Å². The van der Waals surface area contributed by atoms with Crippen LogP contribution in [-0.4, -0.2) is 12.2 Å². The fourth-order valence-corrected chi connectivity index (χ4v) is 1.91. The summed E-state index contributed by atoms with van der Waals surface area (Å²) in [7, 11) is 1.26. The highest BCUT2D eigenvalue weighted by Gasteiger charge is 2.22. The highest BCUT2D eigenvalue weighted by Crippen LogP contribution is 2.31. The van der Waals surface area contributed by atoms with Crippen molar-refractivity contribution in [3.05, 3.63) is 63.9 Å². The summed E-state index contributed by atoms with van der Waals surface area (Å²) in [6.45, 7) is 0. The molecule has 0 radical (unpaired) electrons. The van der Waals surface area contributed by atoms with Crippen molar-refractivity contribution in [1.29, 1.82) is 0 Å². The summed E-state index contributed by atoms with van der Waals surface area (Å²) >= 11 is 5.51. The maximum Gasteiger partial charge on any atom is 0.142 e. The third-order valence-corrected chi connectivity index (χ3v) is 3.13. The van der Waals surface area contributed by atoms with E-state index in [-0.39, 0.29) is 16.3 Å². The fourth-order valence-electron chi connectivity index (χ4n) is 1.79. The third kappa shape index (κ3) is 2.73. The highest BCUT2D eigenvalue weighted by molar-refractivity contribution is 6.30. The van der Waals surface area contributed by atoms with E-state index in [1.54, 1.807) is 0 Å². The van der Waals surface area contributed by atoms with E-state index >= 15 is 0 Å². The van der Waals surface area contributed by atoms with Crippen LogP contribution in [0.1, 0.15) is 17.2 Å². The number of aliphatic hydroxyl groups is 1. The molecule has 0 aliphatic heterocycles. The van der Waals surface area contributed by atoms with E-state index in [0.717, 1.165) is 18.2 Å². The Morgan fingerprint density at radius 3 is 2.15 bits per heavy atom. The molecule has 1 unspecified atom stereocenters. The van der Waals surface area contributed by atoms with Crippen LogP contribution in [0.2, 0.25) is 5.02 Å². The number of hydrogen-bond acceptors (Lipinski definition) is 2. The maximum atomic E-state index is 13.8. The second-order valence-corrected chi connectivity index (χ2v) is 4.49. The second-order valence-electron chi connectivity index (χ2n) is 4.08. The van der Waals surface area contributed by atoms with Crippen LogP contribution < -0.4 is 4.74 Å². The number of halogens is 4. The predicted molar refractivity (Wildman–Crippen MR) is 68.4 cm³/mol. The molecule has 0 spiro atoms. The Hall–Kier alpha value is -1.72. The zero-order chi connectivity index (χ0) is 14.9. The van der Waals surface area contributed by atoms with Crippen molar-refractivity contribution in [3.8, 4) is 5.75 Å². The molecule has 106 valence electrons. The van der Waals surface area contributed by atoms with Gasteiger partial charge in [0.25, 0.3) is 0 Å². The zero-order valence-corrected chi connectivity index (χ0v) is 11.1. The SMILES string of the molecule is COc1cc(F)c(C(O)c2ccc(Cl)c(F)c2)c(F)c1. The normalized spacial score (nSPS) is 12.3. The van der Waals surface area contributed by atoms with Gasteiger partial charge in [0.15, 0.2) is 0 Å². The maximum absolute atomic E-state index is 13.8. The molecule has 0 bridgehead atoms. The fraction of sp³-hybridized carbons (Fsp3) is 0.143. The summed E-state index contributed by atoms with van der Waals surface area (Å²) in [6.07, 6.45) is -1.65. The molecule has 20 heavy (non-hydrogen) atoms. The van der Waals surface area contributed by atoms with Gasteiger partial charge in [0.05, 0.1) is 17.7 Å². The molecule has 2 aromatic rings. The Kier molecular flexibility index (Phi) is 4.20. The lowest BCUT2D eigenvalue weighted by Gasteiger charge is -2.14. The molecule has 2 rings (SSSR count). The summed E-state index contributed by atoms with van der Waals surface area (Å²) in [5.41, 5.74) is -0.581. The quantitative estimate of drug-likeness (QED) is 0.933. The molecule has 0 saturated carbocycles. The van der Waals surface area contributed by atoms with E-state index in [1.807, 2.05) is 0 Å². The first kappa shape index (κ1) is 14.7. The molecular weight excluding hydrogens is 293 g/mol. The molecule has 0 fully saturated rings. The van der Waals surface area contributed by atoms with Gasteiger partial charge in [-0.2, -0.15) is 0 Å². The van der Waals surface area contributed by atoms with Gasteiger partial charge in [-0.25, -0.2) is 13.2 Å². The van der Waals surface area contributed by atoms with E-state index in [4.69, 9.17) is 16.3 Å². The molecular formula is C14H10ClF3O2. The molecule has 0 aliphatic rings. The molecule has 0 aromatic heterocycles. The topological polar surface area (TPSA) is 29.5 Å². The molecule has 0 amide bonds. The summed E-state index contributed by atoms with van der Waals surface area (Å²) < 4.78 is 45.7. The average molecular weight is 303 g/mol. The molecule has 0 saturated heterocycles. The van der Waals surface area contributed by atoms with Gasteiger partial charge in [-0.15, -0.1) is 0 Å².